The van der Waals surface area contributed by atoms with Crippen molar-refractivity contribution in [1.29, 1.82) is 0 Å². The van der Waals surface area contributed by atoms with Crippen molar-refractivity contribution < 1.29 is 14.6 Å². The van der Waals surface area contributed by atoms with E-state index in [2.05, 4.69) is 6.92 Å². The zero-order chi connectivity index (χ0) is 16.5. The molecular formula is C20H28O3. The Kier molecular flexibility index (Phi) is 7.21. The summed E-state index contributed by atoms with van der Waals surface area (Å²) in [6.07, 6.45) is 7.49. The van der Waals surface area contributed by atoms with Crippen LogP contribution in [0.25, 0.3) is 10.8 Å². The van der Waals surface area contributed by atoms with Gasteiger partial charge in [-0.3, -0.25) is 0 Å². The van der Waals surface area contributed by atoms with Gasteiger partial charge in [-0.05, 0) is 34.9 Å². The molecule has 0 bridgehead atoms. The van der Waals surface area contributed by atoms with Gasteiger partial charge < -0.3 is 14.6 Å². The normalized spacial score (nSPS) is 10.9. The third kappa shape index (κ3) is 4.87. The summed E-state index contributed by atoms with van der Waals surface area (Å²) in [5, 5.41) is 11.5. The minimum atomic E-state index is 0.0262. The molecule has 0 aliphatic heterocycles. The van der Waals surface area contributed by atoms with Gasteiger partial charge in [0.1, 0.15) is 0 Å². The SMILES string of the molecule is CCCCCCCCOc1cc2cccc(CO)c2cc1OC. The number of hydrogen-bond donors (Lipinski definition) is 1. The second-order valence-electron chi connectivity index (χ2n) is 5.92. The second-order valence-corrected chi connectivity index (χ2v) is 5.92. The van der Waals surface area contributed by atoms with Gasteiger partial charge in [0.25, 0.3) is 0 Å². The number of methoxy groups -OCH3 is 1. The largest absolute Gasteiger partial charge is 0.493 e. The molecule has 0 aromatic heterocycles. The lowest BCUT2D eigenvalue weighted by Crippen LogP contribution is -2.00. The van der Waals surface area contributed by atoms with Crippen molar-refractivity contribution in [1.82, 2.24) is 0 Å². The highest BCUT2D eigenvalue weighted by atomic mass is 16.5. The van der Waals surface area contributed by atoms with Crippen LogP contribution in [-0.4, -0.2) is 18.8 Å². The summed E-state index contributed by atoms with van der Waals surface area (Å²) in [7, 11) is 1.65. The highest BCUT2D eigenvalue weighted by molar-refractivity contribution is 5.88. The maximum Gasteiger partial charge on any atom is 0.161 e. The van der Waals surface area contributed by atoms with Crippen LogP contribution in [0, 0.1) is 0 Å². The summed E-state index contributed by atoms with van der Waals surface area (Å²) in [5.41, 5.74) is 0.906. The van der Waals surface area contributed by atoms with E-state index in [4.69, 9.17) is 9.47 Å². The van der Waals surface area contributed by atoms with Crippen LogP contribution in [0.1, 0.15) is 51.0 Å². The number of hydrogen-bond acceptors (Lipinski definition) is 3. The van der Waals surface area contributed by atoms with E-state index in [1.807, 2.05) is 30.3 Å². The van der Waals surface area contributed by atoms with E-state index < -0.39 is 0 Å². The third-order valence-electron chi connectivity index (χ3n) is 4.18. The summed E-state index contributed by atoms with van der Waals surface area (Å²) in [6, 6.07) is 9.88. The fraction of sp³-hybridized carbons (Fsp3) is 0.500. The molecule has 0 saturated heterocycles. The fourth-order valence-electron chi connectivity index (χ4n) is 2.82. The lowest BCUT2D eigenvalue weighted by atomic mass is 10.0. The van der Waals surface area contributed by atoms with Crippen LogP contribution in [0.15, 0.2) is 30.3 Å². The molecule has 0 unspecified atom stereocenters. The van der Waals surface area contributed by atoms with Gasteiger partial charge in [0, 0.05) is 0 Å². The Morgan fingerprint density at radius 1 is 0.957 bits per heavy atom. The van der Waals surface area contributed by atoms with Crippen LogP contribution < -0.4 is 9.47 Å². The van der Waals surface area contributed by atoms with E-state index in [0.717, 1.165) is 34.3 Å². The predicted octanol–water partition coefficient (Wildman–Crippen LogP) is 5.08. The van der Waals surface area contributed by atoms with E-state index >= 15 is 0 Å². The number of ether oxygens (including phenoxy) is 2. The second kappa shape index (κ2) is 9.41. The Bertz CT molecular complexity index is 607. The monoisotopic (exact) mass is 316 g/mol. The molecule has 1 N–H and O–H groups in total. The topological polar surface area (TPSA) is 38.7 Å². The van der Waals surface area contributed by atoms with Crippen LogP contribution in [0.5, 0.6) is 11.5 Å². The van der Waals surface area contributed by atoms with Crippen LogP contribution in [0.2, 0.25) is 0 Å². The Morgan fingerprint density at radius 2 is 1.74 bits per heavy atom. The lowest BCUT2D eigenvalue weighted by molar-refractivity contribution is 0.282. The van der Waals surface area contributed by atoms with Crippen molar-refractivity contribution in [2.45, 2.75) is 52.1 Å². The molecule has 0 amide bonds. The van der Waals surface area contributed by atoms with Crippen LogP contribution in [-0.2, 0) is 6.61 Å². The smallest absolute Gasteiger partial charge is 0.161 e. The Hall–Kier alpha value is -1.74. The summed E-state index contributed by atoms with van der Waals surface area (Å²) < 4.78 is 11.4. The quantitative estimate of drug-likeness (QED) is 0.621. The number of unbranched alkanes of at least 4 members (excludes halogenated alkanes) is 5. The third-order valence-corrected chi connectivity index (χ3v) is 4.18. The minimum Gasteiger partial charge on any atom is -0.493 e. The summed E-state index contributed by atoms with van der Waals surface area (Å²) >= 11 is 0. The predicted molar refractivity (Wildman–Crippen MR) is 95.3 cm³/mol. The van der Waals surface area contributed by atoms with Crippen LogP contribution >= 0.6 is 0 Å². The Morgan fingerprint density at radius 3 is 2.48 bits per heavy atom. The molecule has 3 nitrogen and oxygen atoms in total. The van der Waals surface area contributed by atoms with Gasteiger partial charge in [0.15, 0.2) is 11.5 Å². The van der Waals surface area contributed by atoms with E-state index in [1.54, 1.807) is 7.11 Å². The van der Waals surface area contributed by atoms with Crippen LogP contribution in [0.3, 0.4) is 0 Å². The van der Waals surface area contributed by atoms with Gasteiger partial charge in [-0.1, -0.05) is 57.2 Å². The van der Waals surface area contributed by atoms with Crippen LogP contribution in [0.4, 0.5) is 0 Å². The molecule has 0 fully saturated rings. The van der Waals surface area contributed by atoms with Crippen molar-refractivity contribution in [2.75, 3.05) is 13.7 Å². The number of aliphatic hydroxyl groups excluding tert-OH is 1. The fourth-order valence-corrected chi connectivity index (χ4v) is 2.82. The van der Waals surface area contributed by atoms with E-state index in [0.29, 0.717) is 6.61 Å². The molecule has 23 heavy (non-hydrogen) atoms. The standard InChI is InChI=1S/C20H28O3/c1-3-4-5-6-7-8-12-23-20-13-16-10-9-11-17(15-21)18(16)14-19(20)22-2/h9-11,13-14,21H,3-8,12,15H2,1-2H3. The van der Waals surface area contributed by atoms with Gasteiger partial charge in [0.2, 0.25) is 0 Å². The summed E-state index contributed by atoms with van der Waals surface area (Å²) in [6.45, 7) is 2.98. The molecule has 0 saturated carbocycles. The molecule has 0 heterocycles. The first-order chi connectivity index (χ1) is 11.3. The molecule has 0 radical (unpaired) electrons. The van der Waals surface area contributed by atoms with Crippen molar-refractivity contribution in [2.24, 2.45) is 0 Å². The van der Waals surface area contributed by atoms with Gasteiger partial charge in [-0.25, -0.2) is 0 Å². The Labute approximate surface area is 139 Å². The maximum atomic E-state index is 9.46. The highest BCUT2D eigenvalue weighted by Gasteiger charge is 2.09. The Balaban J connectivity index is 1.99. The average molecular weight is 316 g/mol. The molecule has 126 valence electrons. The maximum absolute atomic E-state index is 9.46. The van der Waals surface area contributed by atoms with Crippen molar-refractivity contribution in [3.05, 3.63) is 35.9 Å². The van der Waals surface area contributed by atoms with E-state index in [-0.39, 0.29) is 6.61 Å². The average Bonchev–Trinajstić information content (AvgIpc) is 2.59. The number of rotatable bonds is 10. The molecule has 0 aliphatic carbocycles. The van der Waals surface area contributed by atoms with Gasteiger partial charge in [-0.2, -0.15) is 0 Å². The summed E-state index contributed by atoms with van der Waals surface area (Å²) in [4.78, 5) is 0. The van der Waals surface area contributed by atoms with Crippen molar-refractivity contribution in [3.63, 3.8) is 0 Å². The zero-order valence-electron chi connectivity index (χ0n) is 14.3. The molecular weight excluding hydrogens is 288 g/mol. The summed E-state index contributed by atoms with van der Waals surface area (Å²) in [5.74, 6) is 1.51. The first kappa shape index (κ1) is 17.6. The minimum absolute atomic E-state index is 0.0262. The zero-order valence-corrected chi connectivity index (χ0v) is 14.3. The first-order valence-corrected chi connectivity index (χ1v) is 8.63. The molecule has 2 aromatic carbocycles. The molecule has 2 aromatic rings. The molecule has 0 atom stereocenters. The highest BCUT2D eigenvalue weighted by Crippen LogP contribution is 2.34. The van der Waals surface area contributed by atoms with Gasteiger partial charge in [-0.15, -0.1) is 0 Å². The van der Waals surface area contributed by atoms with E-state index in [9.17, 15) is 5.11 Å². The lowest BCUT2D eigenvalue weighted by Gasteiger charge is -2.13. The molecule has 2 rings (SSSR count). The first-order valence-electron chi connectivity index (χ1n) is 8.63. The van der Waals surface area contributed by atoms with Gasteiger partial charge in [0.05, 0.1) is 20.3 Å². The van der Waals surface area contributed by atoms with Crippen molar-refractivity contribution >= 4 is 10.8 Å². The number of aliphatic hydroxyl groups is 1. The van der Waals surface area contributed by atoms with E-state index in [1.165, 1.54) is 32.1 Å². The molecule has 3 heteroatoms. The molecule has 0 spiro atoms. The molecule has 0 aliphatic rings. The van der Waals surface area contributed by atoms with Crippen molar-refractivity contribution in [3.8, 4) is 11.5 Å². The number of benzene rings is 2. The van der Waals surface area contributed by atoms with Gasteiger partial charge >= 0.3 is 0 Å². The number of fused-ring (bicyclic) bond motifs is 1.